The molecule has 3 N–H and O–H groups in total. The van der Waals surface area contributed by atoms with Gasteiger partial charge in [-0.25, -0.2) is 5.43 Å². The fourth-order valence-corrected chi connectivity index (χ4v) is 1.56. The largest absolute Gasteiger partial charge is 0.271 e. The van der Waals surface area contributed by atoms with Crippen LogP contribution in [-0.2, 0) is 0 Å². The molecule has 1 aromatic rings. The summed E-state index contributed by atoms with van der Waals surface area (Å²) in [5, 5.41) is 1.18. The average Bonchev–Trinajstić information content (AvgIpc) is 2.10. The normalized spacial score (nSPS) is 12.5. The van der Waals surface area contributed by atoms with E-state index >= 15 is 0 Å². The van der Waals surface area contributed by atoms with Gasteiger partial charge in [-0.2, -0.15) is 0 Å². The van der Waals surface area contributed by atoms with Crippen molar-refractivity contribution in [3.8, 4) is 0 Å². The Balaban J connectivity index is 3.06. The smallest absolute Gasteiger partial charge is 0.0652 e. The number of hydrazine groups is 1. The van der Waals surface area contributed by atoms with Crippen molar-refractivity contribution >= 4 is 23.2 Å². The molecular weight excluding hydrogens is 207 g/mol. The Bertz CT molecular complexity index is 312. The predicted molar refractivity (Wildman–Crippen MR) is 56.7 cm³/mol. The molecule has 1 rings (SSSR count). The van der Waals surface area contributed by atoms with Crippen LogP contribution in [0.1, 0.15) is 11.6 Å². The number of rotatable bonds is 3. The van der Waals surface area contributed by atoms with Gasteiger partial charge in [-0.15, -0.1) is 6.58 Å². The zero-order valence-corrected chi connectivity index (χ0v) is 8.44. The van der Waals surface area contributed by atoms with Crippen LogP contribution in [0.5, 0.6) is 0 Å². The molecule has 13 heavy (non-hydrogen) atoms. The monoisotopic (exact) mass is 216 g/mol. The van der Waals surface area contributed by atoms with Gasteiger partial charge < -0.3 is 0 Å². The Labute approximate surface area is 87.3 Å². The molecule has 0 amide bonds. The molecule has 0 saturated carbocycles. The lowest BCUT2D eigenvalue weighted by atomic mass is 10.1. The van der Waals surface area contributed by atoms with Crippen LogP contribution in [0.15, 0.2) is 30.9 Å². The summed E-state index contributed by atoms with van der Waals surface area (Å²) in [4.78, 5) is 0. The van der Waals surface area contributed by atoms with Gasteiger partial charge in [-0.1, -0.05) is 35.3 Å². The van der Waals surface area contributed by atoms with Crippen LogP contribution in [0.4, 0.5) is 0 Å². The van der Waals surface area contributed by atoms with Crippen molar-refractivity contribution in [2.24, 2.45) is 5.84 Å². The summed E-state index contributed by atoms with van der Waals surface area (Å²) in [5.74, 6) is 5.31. The van der Waals surface area contributed by atoms with Crippen molar-refractivity contribution in [3.63, 3.8) is 0 Å². The third-order valence-corrected chi connectivity index (χ3v) is 2.28. The van der Waals surface area contributed by atoms with Crippen molar-refractivity contribution in [2.75, 3.05) is 0 Å². The Hall–Kier alpha value is -0.540. The molecule has 0 bridgehead atoms. The van der Waals surface area contributed by atoms with E-state index in [0.717, 1.165) is 5.56 Å². The van der Waals surface area contributed by atoms with Crippen LogP contribution in [-0.4, -0.2) is 0 Å². The molecule has 1 unspecified atom stereocenters. The van der Waals surface area contributed by atoms with E-state index in [0.29, 0.717) is 10.0 Å². The van der Waals surface area contributed by atoms with Gasteiger partial charge in [0.1, 0.15) is 0 Å². The number of nitrogens with two attached hydrogens (primary N) is 1. The van der Waals surface area contributed by atoms with Gasteiger partial charge in [0.15, 0.2) is 0 Å². The topological polar surface area (TPSA) is 38.0 Å². The molecule has 0 aromatic heterocycles. The third kappa shape index (κ3) is 2.45. The minimum Gasteiger partial charge on any atom is -0.271 e. The van der Waals surface area contributed by atoms with Gasteiger partial charge in [-0.05, 0) is 17.7 Å². The van der Waals surface area contributed by atoms with Crippen LogP contribution < -0.4 is 11.3 Å². The molecule has 0 heterocycles. The van der Waals surface area contributed by atoms with Gasteiger partial charge in [-0.3, -0.25) is 5.84 Å². The summed E-state index contributed by atoms with van der Waals surface area (Å²) >= 11 is 11.7. The van der Waals surface area contributed by atoms with E-state index in [1.807, 2.05) is 6.07 Å². The molecule has 70 valence electrons. The molecular formula is C9H10Cl2N2. The van der Waals surface area contributed by atoms with E-state index in [4.69, 9.17) is 29.0 Å². The maximum Gasteiger partial charge on any atom is 0.0652 e. The lowest BCUT2D eigenvalue weighted by Gasteiger charge is -2.12. The van der Waals surface area contributed by atoms with Crippen molar-refractivity contribution < 1.29 is 0 Å². The average molecular weight is 217 g/mol. The lowest BCUT2D eigenvalue weighted by molar-refractivity contribution is 0.657. The summed E-state index contributed by atoms with van der Waals surface area (Å²) in [6.07, 6.45) is 1.68. The van der Waals surface area contributed by atoms with E-state index < -0.39 is 0 Å². The highest BCUT2D eigenvalue weighted by molar-refractivity contribution is 6.35. The minimum absolute atomic E-state index is 0.148. The second-order valence-electron chi connectivity index (χ2n) is 2.55. The van der Waals surface area contributed by atoms with Crippen molar-refractivity contribution in [1.29, 1.82) is 0 Å². The minimum atomic E-state index is -0.148. The van der Waals surface area contributed by atoms with Crippen LogP contribution in [0, 0.1) is 0 Å². The zero-order chi connectivity index (χ0) is 9.84. The van der Waals surface area contributed by atoms with Crippen molar-refractivity contribution in [1.82, 2.24) is 5.43 Å². The van der Waals surface area contributed by atoms with Gasteiger partial charge >= 0.3 is 0 Å². The summed E-state index contributed by atoms with van der Waals surface area (Å²) in [5.41, 5.74) is 3.45. The summed E-state index contributed by atoms with van der Waals surface area (Å²) in [6.45, 7) is 3.64. The first-order valence-electron chi connectivity index (χ1n) is 3.72. The fourth-order valence-electron chi connectivity index (χ4n) is 1.04. The SMILES string of the molecule is C=CC(NN)c1ccc(Cl)cc1Cl. The molecule has 1 aromatic carbocycles. The predicted octanol–water partition coefficient (Wildman–Crippen LogP) is 2.68. The number of hydrogen-bond acceptors (Lipinski definition) is 2. The zero-order valence-electron chi connectivity index (χ0n) is 6.93. The highest BCUT2D eigenvalue weighted by Gasteiger charge is 2.09. The highest BCUT2D eigenvalue weighted by atomic mass is 35.5. The number of hydrogen-bond donors (Lipinski definition) is 2. The molecule has 0 saturated heterocycles. The van der Waals surface area contributed by atoms with E-state index in [2.05, 4.69) is 12.0 Å². The third-order valence-electron chi connectivity index (χ3n) is 1.71. The van der Waals surface area contributed by atoms with E-state index in [9.17, 15) is 0 Å². The van der Waals surface area contributed by atoms with E-state index in [-0.39, 0.29) is 6.04 Å². The molecule has 1 atom stereocenters. The Kier molecular flexibility index (Phi) is 3.75. The molecule has 0 spiro atoms. The van der Waals surface area contributed by atoms with Gasteiger partial charge in [0.05, 0.1) is 6.04 Å². The van der Waals surface area contributed by atoms with E-state index in [1.165, 1.54) is 0 Å². The van der Waals surface area contributed by atoms with Crippen LogP contribution in [0.25, 0.3) is 0 Å². The highest BCUT2D eigenvalue weighted by Crippen LogP contribution is 2.26. The Morgan fingerprint density at radius 3 is 2.62 bits per heavy atom. The molecule has 0 radical (unpaired) electrons. The fraction of sp³-hybridized carbons (Fsp3) is 0.111. The Morgan fingerprint density at radius 2 is 2.15 bits per heavy atom. The first kappa shape index (κ1) is 10.5. The quantitative estimate of drug-likeness (QED) is 0.464. The summed E-state index contributed by atoms with van der Waals surface area (Å²) in [7, 11) is 0. The number of nitrogens with one attached hydrogen (secondary N) is 1. The second-order valence-corrected chi connectivity index (χ2v) is 3.39. The van der Waals surface area contributed by atoms with E-state index in [1.54, 1.807) is 18.2 Å². The summed E-state index contributed by atoms with van der Waals surface area (Å²) < 4.78 is 0. The summed E-state index contributed by atoms with van der Waals surface area (Å²) in [6, 6.07) is 5.10. The standard InChI is InChI=1S/C9H10Cl2N2/c1-2-9(13-12)7-4-3-6(10)5-8(7)11/h2-5,9,13H,1,12H2. The maximum absolute atomic E-state index is 5.95. The van der Waals surface area contributed by atoms with Crippen molar-refractivity contribution in [3.05, 3.63) is 46.5 Å². The van der Waals surface area contributed by atoms with Crippen LogP contribution in [0.3, 0.4) is 0 Å². The molecule has 0 aliphatic carbocycles. The molecule has 2 nitrogen and oxygen atoms in total. The molecule has 0 aliphatic heterocycles. The van der Waals surface area contributed by atoms with Crippen LogP contribution >= 0.6 is 23.2 Å². The number of halogens is 2. The molecule has 0 aliphatic rings. The second kappa shape index (κ2) is 4.63. The maximum atomic E-state index is 5.95. The van der Waals surface area contributed by atoms with Gasteiger partial charge in [0, 0.05) is 10.0 Å². The van der Waals surface area contributed by atoms with Gasteiger partial charge in [0.2, 0.25) is 0 Å². The van der Waals surface area contributed by atoms with Gasteiger partial charge in [0.25, 0.3) is 0 Å². The number of benzene rings is 1. The van der Waals surface area contributed by atoms with Crippen LogP contribution in [0.2, 0.25) is 10.0 Å². The first-order valence-corrected chi connectivity index (χ1v) is 4.48. The molecule has 4 heteroatoms. The first-order chi connectivity index (χ1) is 6.19. The van der Waals surface area contributed by atoms with Crippen molar-refractivity contribution in [2.45, 2.75) is 6.04 Å². The molecule has 0 fully saturated rings. The Morgan fingerprint density at radius 1 is 1.46 bits per heavy atom. The lowest BCUT2D eigenvalue weighted by Crippen LogP contribution is -2.26.